The molecule has 4 rings (SSSR count). The van der Waals surface area contributed by atoms with E-state index in [1.165, 1.54) is 33.4 Å². The zero-order chi connectivity index (χ0) is 29.0. The van der Waals surface area contributed by atoms with E-state index in [0.29, 0.717) is 32.8 Å². The Bertz CT molecular complexity index is 1290. The summed E-state index contributed by atoms with van der Waals surface area (Å²) in [6, 6.07) is 21.3. The molecule has 1 aliphatic carbocycles. The van der Waals surface area contributed by atoms with Crippen molar-refractivity contribution in [2.75, 3.05) is 26.4 Å². The largest absolute Gasteiger partial charge is 0.491 e. The highest BCUT2D eigenvalue weighted by Crippen LogP contribution is 2.37. The topological polar surface area (TPSA) is 54.0 Å². The van der Waals surface area contributed by atoms with Gasteiger partial charge in [0.05, 0.1) is 13.2 Å². The van der Waals surface area contributed by atoms with Crippen LogP contribution in [0.25, 0.3) is 12.2 Å². The third-order valence-corrected chi connectivity index (χ3v) is 7.29. The molecular formula is C36H44O5. The molecule has 2 unspecified atom stereocenters. The van der Waals surface area contributed by atoms with E-state index in [2.05, 4.69) is 62.4 Å². The summed E-state index contributed by atoms with van der Waals surface area (Å²) in [5.74, 6) is 0.436. The van der Waals surface area contributed by atoms with Gasteiger partial charge in [0.1, 0.15) is 18.5 Å². The van der Waals surface area contributed by atoms with Gasteiger partial charge in [-0.2, -0.15) is 0 Å². The number of rotatable bonds is 15. The van der Waals surface area contributed by atoms with Gasteiger partial charge in [-0.05, 0) is 77.8 Å². The molecule has 0 N–H and O–H groups in total. The molecule has 5 nitrogen and oxygen atoms in total. The highest BCUT2D eigenvalue weighted by atomic mass is 16.6. The van der Waals surface area contributed by atoms with Gasteiger partial charge in [0.25, 0.3) is 0 Å². The average molecular weight is 557 g/mol. The van der Waals surface area contributed by atoms with Gasteiger partial charge in [-0.3, -0.25) is 0 Å². The molecule has 0 aromatic heterocycles. The number of aryl methyl sites for hydroxylation is 2. The van der Waals surface area contributed by atoms with Crippen LogP contribution in [-0.4, -0.2) is 38.5 Å². The number of benzene rings is 3. The lowest BCUT2D eigenvalue weighted by atomic mass is 9.92. The summed E-state index contributed by atoms with van der Waals surface area (Å²) in [6.45, 7) is 9.78. The van der Waals surface area contributed by atoms with Crippen LogP contribution in [0.4, 0.5) is 0 Å². The Morgan fingerprint density at radius 1 is 0.732 bits per heavy atom. The molecule has 0 fully saturated rings. The summed E-state index contributed by atoms with van der Waals surface area (Å²) < 4.78 is 23.4. The molecule has 0 heterocycles. The quantitative estimate of drug-likeness (QED) is 0.141. The first kappa shape index (κ1) is 30.5. The fourth-order valence-corrected chi connectivity index (χ4v) is 5.33. The Morgan fingerprint density at radius 3 is 2.12 bits per heavy atom. The zero-order valence-electron chi connectivity index (χ0n) is 25.0. The van der Waals surface area contributed by atoms with Crippen LogP contribution >= 0.6 is 0 Å². The first-order chi connectivity index (χ1) is 20.1. The summed E-state index contributed by atoms with van der Waals surface area (Å²) in [5.41, 5.74) is 8.52. The molecule has 2 atom stereocenters. The van der Waals surface area contributed by atoms with Crippen LogP contribution in [0.5, 0.6) is 5.75 Å². The van der Waals surface area contributed by atoms with Gasteiger partial charge >= 0.3 is 5.97 Å². The summed E-state index contributed by atoms with van der Waals surface area (Å²) in [5, 5.41) is 0. The smallest absolute Gasteiger partial charge is 0.335 e. The highest BCUT2D eigenvalue weighted by molar-refractivity contribution is 5.77. The number of hydrogen-bond acceptors (Lipinski definition) is 5. The van der Waals surface area contributed by atoms with Gasteiger partial charge in [0.15, 0.2) is 6.10 Å². The van der Waals surface area contributed by atoms with Crippen molar-refractivity contribution in [3.05, 3.63) is 99.6 Å². The van der Waals surface area contributed by atoms with E-state index < -0.39 is 6.10 Å². The number of fused-ring (bicyclic) bond motifs is 2. The molecule has 0 aliphatic heterocycles. The molecule has 41 heavy (non-hydrogen) atoms. The normalized spacial score (nSPS) is 14.6. The lowest BCUT2D eigenvalue weighted by molar-refractivity contribution is -0.156. The molecule has 1 aliphatic rings. The van der Waals surface area contributed by atoms with Gasteiger partial charge in [0.2, 0.25) is 0 Å². The first-order valence-corrected chi connectivity index (χ1v) is 15.1. The minimum absolute atomic E-state index is 0.160. The number of esters is 1. The van der Waals surface area contributed by atoms with Crippen molar-refractivity contribution in [3.63, 3.8) is 0 Å². The minimum Gasteiger partial charge on any atom is -0.491 e. The molecule has 0 spiro atoms. The van der Waals surface area contributed by atoms with Crippen LogP contribution in [0.3, 0.4) is 0 Å². The van der Waals surface area contributed by atoms with Gasteiger partial charge in [-0.15, -0.1) is 0 Å². The maximum absolute atomic E-state index is 12.2. The number of carbonyl (C=O) groups is 1. The molecule has 3 aromatic carbocycles. The van der Waals surface area contributed by atoms with E-state index in [0.717, 1.165) is 37.0 Å². The Balaban J connectivity index is 1.43. The fraction of sp³-hybridized carbons (Fsp3) is 0.417. The lowest BCUT2D eigenvalue weighted by Crippen LogP contribution is -2.28. The van der Waals surface area contributed by atoms with Crippen LogP contribution < -0.4 is 4.74 Å². The molecule has 0 bridgehead atoms. The van der Waals surface area contributed by atoms with Crippen molar-refractivity contribution in [2.24, 2.45) is 0 Å². The Morgan fingerprint density at radius 2 is 1.41 bits per heavy atom. The Kier molecular flexibility index (Phi) is 11.6. The maximum atomic E-state index is 12.2. The van der Waals surface area contributed by atoms with Crippen LogP contribution in [-0.2, 0) is 38.3 Å². The second-order valence-electron chi connectivity index (χ2n) is 10.4. The lowest BCUT2D eigenvalue weighted by Gasteiger charge is -2.22. The molecule has 0 saturated carbocycles. The van der Waals surface area contributed by atoms with Gasteiger partial charge < -0.3 is 18.9 Å². The van der Waals surface area contributed by atoms with Crippen molar-refractivity contribution in [1.29, 1.82) is 0 Å². The monoisotopic (exact) mass is 556 g/mol. The molecule has 3 aromatic rings. The third-order valence-electron chi connectivity index (χ3n) is 7.29. The standard InChI is InChI=1S/C36H44O5/c1-5-9-26-14-20-32-30(23-26)17-16-29-15-11-27(10-6-2)24-33(29)35(32)41-22-21-40-31-18-12-28(13-19-31)25-34(38-7-3)36(37)39-8-4/h11-20,23-24,34-35H,5-10,21-22,25H2,1-4H3. The van der Waals surface area contributed by atoms with E-state index in [1.807, 2.05) is 31.2 Å². The molecule has 0 amide bonds. The van der Waals surface area contributed by atoms with Crippen LogP contribution in [0.1, 0.15) is 85.6 Å². The predicted octanol–water partition coefficient (Wildman–Crippen LogP) is 7.77. The van der Waals surface area contributed by atoms with Crippen molar-refractivity contribution in [2.45, 2.75) is 72.0 Å². The van der Waals surface area contributed by atoms with Gasteiger partial charge in [-0.25, -0.2) is 4.79 Å². The van der Waals surface area contributed by atoms with E-state index in [9.17, 15) is 4.79 Å². The molecule has 0 saturated heterocycles. The van der Waals surface area contributed by atoms with E-state index in [4.69, 9.17) is 18.9 Å². The van der Waals surface area contributed by atoms with Crippen molar-refractivity contribution >= 4 is 18.1 Å². The predicted molar refractivity (Wildman–Crippen MR) is 165 cm³/mol. The fourth-order valence-electron chi connectivity index (χ4n) is 5.33. The number of carbonyl (C=O) groups excluding carboxylic acids is 1. The number of ether oxygens (including phenoxy) is 4. The van der Waals surface area contributed by atoms with Crippen LogP contribution in [0, 0.1) is 0 Å². The molecular weight excluding hydrogens is 512 g/mol. The van der Waals surface area contributed by atoms with E-state index in [1.54, 1.807) is 6.92 Å². The summed E-state index contributed by atoms with van der Waals surface area (Å²) in [4.78, 5) is 12.2. The Hall–Kier alpha value is -3.41. The first-order valence-electron chi connectivity index (χ1n) is 15.1. The van der Waals surface area contributed by atoms with Crippen LogP contribution in [0.15, 0.2) is 60.7 Å². The summed E-state index contributed by atoms with van der Waals surface area (Å²) in [7, 11) is 0. The molecule has 218 valence electrons. The van der Waals surface area contributed by atoms with E-state index in [-0.39, 0.29) is 12.1 Å². The summed E-state index contributed by atoms with van der Waals surface area (Å²) in [6.07, 6.45) is 8.51. The third kappa shape index (κ3) is 8.31. The summed E-state index contributed by atoms with van der Waals surface area (Å²) >= 11 is 0. The second-order valence-corrected chi connectivity index (χ2v) is 10.4. The SMILES string of the molecule is CCCc1ccc2c(c1)C=Cc1ccc(CCC)cc1C2OCCOc1ccc(CC(OCC)C(=O)OCC)cc1. The van der Waals surface area contributed by atoms with E-state index >= 15 is 0 Å². The molecule has 0 radical (unpaired) electrons. The minimum atomic E-state index is -0.601. The van der Waals surface area contributed by atoms with Crippen molar-refractivity contribution in [1.82, 2.24) is 0 Å². The van der Waals surface area contributed by atoms with Crippen molar-refractivity contribution in [3.8, 4) is 5.75 Å². The highest BCUT2D eigenvalue weighted by Gasteiger charge is 2.23. The van der Waals surface area contributed by atoms with Gasteiger partial charge in [-0.1, -0.05) is 87.4 Å². The maximum Gasteiger partial charge on any atom is 0.335 e. The van der Waals surface area contributed by atoms with Crippen molar-refractivity contribution < 1.29 is 23.7 Å². The van der Waals surface area contributed by atoms with Crippen LogP contribution in [0.2, 0.25) is 0 Å². The second kappa shape index (κ2) is 15.6. The Labute approximate surface area is 245 Å². The average Bonchev–Trinajstić information content (AvgIpc) is 3.12. The zero-order valence-corrected chi connectivity index (χ0v) is 25.0. The molecule has 5 heteroatoms. The van der Waals surface area contributed by atoms with Gasteiger partial charge in [0, 0.05) is 13.0 Å². The number of hydrogen-bond donors (Lipinski definition) is 0.